The van der Waals surface area contributed by atoms with E-state index in [0.29, 0.717) is 0 Å². The van der Waals surface area contributed by atoms with E-state index in [-0.39, 0.29) is 0 Å². The minimum Gasteiger partial charge on any atom is -0.496 e. The number of benzene rings is 2. The van der Waals surface area contributed by atoms with Crippen LogP contribution in [0.2, 0.25) is 0 Å². The Labute approximate surface area is 167 Å². The summed E-state index contributed by atoms with van der Waals surface area (Å²) >= 11 is 3.49. The number of ether oxygens (including phenoxy) is 1. The van der Waals surface area contributed by atoms with Crippen LogP contribution in [-0.4, -0.2) is 28.1 Å². The van der Waals surface area contributed by atoms with Gasteiger partial charge in [-0.1, -0.05) is 22.4 Å². The van der Waals surface area contributed by atoms with Gasteiger partial charge in [-0.25, -0.2) is 0 Å². The first-order chi connectivity index (χ1) is 13.2. The third-order valence-corrected chi connectivity index (χ3v) is 5.27. The van der Waals surface area contributed by atoms with Crippen molar-refractivity contribution in [2.45, 2.75) is 32.2 Å². The van der Waals surface area contributed by atoms with Crippen molar-refractivity contribution in [3.63, 3.8) is 0 Å². The molecule has 2 heterocycles. The summed E-state index contributed by atoms with van der Waals surface area (Å²) in [7, 11) is 1.66. The molecule has 0 unspecified atom stereocenters. The van der Waals surface area contributed by atoms with Crippen LogP contribution in [0.5, 0.6) is 5.75 Å². The largest absolute Gasteiger partial charge is 0.496 e. The summed E-state index contributed by atoms with van der Waals surface area (Å²) in [6.45, 7) is 1.00. The fourth-order valence-electron chi connectivity index (χ4n) is 3.35. The predicted octanol–water partition coefficient (Wildman–Crippen LogP) is 5.19. The van der Waals surface area contributed by atoms with Gasteiger partial charge in [0, 0.05) is 34.8 Å². The molecule has 3 aromatic rings. The molecule has 0 atom stereocenters. The van der Waals surface area contributed by atoms with E-state index in [0.717, 1.165) is 51.7 Å². The van der Waals surface area contributed by atoms with Gasteiger partial charge in [0.2, 0.25) is 0 Å². The Bertz CT molecular complexity index is 963. The fraction of sp³-hybridized carbons (Fsp3) is 0.286. The topological polar surface area (TPSA) is 52.3 Å². The highest BCUT2D eigenvalue weighted by atomic mass is 79.9. The summed E-state index contributed by atoms with van der Waals surface area (Å²) < 4.78 is 8.64. The summed E-state index contributed by atoms with van der Waals surface area (Å²) in [5.41, 5.74) is 2.89. The van der Waals surface area contributed by atoms with Gasteiger partial charge in [0.25, 0.3) is 0 Å². The van der Waals surface area contributed by atoms with Crippen molar-refractivity contribution in [1.29, 1.82) is 0 Å². The van der Waals surface area contributed by atoms with E-state index >= 15 is 0 Å². The first-order valence-corrected chi connectivity index (χ1v) is 9.94. The molecule has 1 aliphatic heterocycles. The third kappa shape index (κ3) is 3.95. The standard InChI is InChI=1S/C21H21BrN4O/c1-27-19-11-8-17(22)13-16(19)14-23-18-9-6-15(7-10-18)21-25-24-20-5-3-2-4-12-26(20)21/h6-11,13-14H,2-5,12H2,1H3. The van der Waals surface area contributed by atoms with Gasteiger partial charge in [-0.05, 0) is 55.3 Å². The maximum Gasteiger partial charge on any atom is 0.163 e. The number of aryl methyl sites for hydroxylation is 1. The van der Waals surface area contributed by atoms with E-state index < -0.39 is 0 Å². The van der Waals surface area contributed by atoms with Crippen LogP contribution in [0.4, 0.5) is 5.69 Å². The predicted molar refractivity (Wildman–Crippen MR) is 111 cm³/mol. The van der Waals surface area contributed by atoms with E-state index in [1.807, 2.05) is 36.5 Å². The fourth-order valence-corrected chi connectivity index (χ4v) is 3.72. The van der Waals surface area contributed by atoms with Gasteiger partial charge in [0.15, 0.2) is 5.82 Å². The average Bonchev–Trinajstić information content (AvgIpc) is 2.95. The Morgan fingerprint density at radius 1 is 1.07 bits per heavy atom. The monoisotopic (exact) mass is 424 g/mol. The van der Waals surface area contributed by atoms with Crippen molar-refractivity contribution in [2.75, 3.05) is 7.11 Å². The van der Waals surface area contributed by atoms with Crippen LogP contribution in [0.1, 0.15) is 30.7 Å². The van der Waals surface area contributed by atoms with Gasteiger partial charge in [-0.2, -0.15) is 0 Å². The number of nitrogens with zero attached hydrogens (tertiary/aromatic N) is 4. The molecule has 4 rings (SSSR count). The molecule has 0 fully saturated rings. The Morgan fingerprint density at radius 2 is 1.93 bits per heavy atom. The van der Waals surface area contributed by atoms with E-state index in [4.69, 9.17) is 4.74 Å². The normalized spacial score (nSPS) is 14.1. The highest BCUT2D eigenvalue weighted by Gasteiger charge is 2.15. The summed E-state index contributed by atoms with van der Waals surface area (Å²) in [6.07, 6.45) is 6.49. The number of aromatic nitrogens is 3. The SMILES string of the molecule is COc1ccc(Br)cc1C=Nc1ccc(-c2nnc3n2CCCCC3)cc1. The molecule has 6 heteroatoms. The van der Waals surface area contributed by atoms with Gasteiger partial charge in [-0.15, -0.1) is 10.2 Å². The van der Waals surface area contributed by atoms with Crippen molar-refractivity contribution < 1.29 is 4.74 Å². The second-order valence-corrected chi connectivity index (χ2v) is 7.51. The van der Waals surface area contributed by atoms with E-state index in [9.17, 15) is 0 Å². The van der Waals surface area contributed by atoms with Gasteiger partial charge in [0.1, 0.15) is 11.6 Å². The molecule has 1 aromatic heterocycles. The quantitative estimate of drug-likeness (QED) is 0.541. The molecule has 138 valence electrons. The van der Waals surface area contributed by atoms with Crippen molar-refractivity contribution in [1.82, 2.24) is 14.8 Å². The highest BCUT2D eigenvalue weighted by Crippen LogP contribution is 2.26. The van der Waals surface area contributed by atoms with Crippen LogP contribution >= 0.6 is 15.9 Å². The molecule has 1 aliphatic rings. The lowest BCUT2D eigenvalue weighted by Gasteiger charge is -2.07. The number of methoxy groups -OCH3 is 1. The van der Waals surface area contributed by atoms with Crippen LogP contribution in [0.25, 0.3) is 11.4 Å². The summed E-state index contributed by atoms with van der Waals surface area (Å²) in [6, 6.07) is 14.0. The van der Waals surface area contributed by atoms with E-state index in [1.54, 1.807) is 7.11 Å². The maximum atomic E-state index is 5.39. The molecule has 0 saturated heterocycles. The van der Waals surface area contributed by atoms with Gasteiger partial charge in [0.05, 0.1) is 12.8 Å². The van der Waals surface area contributed by atoms with E-state index in [1.165, 1.54) is 19.3 Å². The molecule has 0 spiro atoms. The van der Waals surface area contributed by atoms with Crippen LogP contribution in [0, 0.1) is 0 Å². The number of halogens is 1. The molecule has 0 radical (unpaired) electrons. The average molecular weight is 425 g/mol. The Kier molecular flexibility index (Phi) is 5.34. The number of hydrogen-bond donors (Lipinski definition) is 0. The maximum absolute atomic E-state index is 5.39. The molecule has 0 aliphatic carbocycles. The van der Waals surface area contributed by atoms with Gasteiger partial charge < -0.3 is 9.30 Å². The molecular weight excluding hydrogens is 404 g/mol. The Hall–Kier alpha value is -2.47. The molecule has 5 nitrogen and oxygen atoms in total. The van der Waals surface area contributed by atoms with Gasteiger partial charge >= 0.3 is 0 Å². The number of aliphatic imine (C=N–C) groups is 1. The smallest absolute Gasteiger partial charge is 0.163 e. The Morgan fingerprint density at radius 3 is 2.74 bits per heavy atom. The first-order valence-electron chi connectivity index (χ1n) is 9.15. The van der Waals surface area contributed by atoms with Crippen LogP contribution in [-0.2, 0) is 13.0 Å². The second kappa shape index (κ2) is 8.05. The lowest BCUT2D eigenvalue weighted by atomic mass is 10.2. The number of hydrogen-bond acceptors (Lipinski definition) is 4. The highest BCUT2D eigenvalue weighted by molar-refractivity contribution is 9.10. The summed E-state index contributed by atoms with van der Waals surface area (Å²) in [5.74, 6) is 2.85. The number of fused-ring (bicyclic) bond motifs is 1. The molecular formula is C21H21BrN4O. The number of rotatable bonds is 4. The lowest BCUT2D eigenvalue weighted by Crippen LogP contribution is -2.02. The van der Waals surface area contributed by atoms with Crippen LogP contribution < -0.4 is 4.74 Å². The van der Waals surface area contributed by atoms with Crippen molar-refractivity contribution >= 4 is 27.8 Å². The Balaban J connectivity index is 1.57. The zero-order chi connectivity index (χ0) is 18.6. The molecule has 0 bridgehead atoms. The molecule has 2 aromatic carbocycles. The lowest BCUT2D eigenvalue weighted by molar-refractivity contribution is 0.414. The molecule has 0 amide bonds. The van der Waals surface area contributed by atoms with Crippen molar-refractivity contribution in [3.8, 4) is 17.1 Å². The minimum absolute atomic E-state index is 0.796. The third-order valence-electron chi connectivity index (χ3n) is 4.78. The van der Waals surface area contributed by atoms with Gasteiger partial charge in [-0.3, -0.25) is 4.99 Å². The second-order valence-electron chi connectivity index (χ2n) is 6.59. The first kappa shape index (κ1) is 17.9. The zero-order valence-corrected chi connectivity index (χ0v) is 16.8. The van der Waals surface area contributed by atoms with Crippen molar-refractivity contribution in [3.05, 3.63) is 58.3 Å². The van der Waals surface area contributed by atoms with Crippen molar-refractivity contribution in [2.24, 2.45) is 4.99 Å². The van der Waals surface area contributed by atoms with Crippen LogP contribution in [0.3, 0.4) is 0 Å². The van der Waals surface area contributed by atoms with Crippen LogP contribution in [0.15, 0.2) is 51.9 Å². The molecule has 0 saturated carbocycles. The molecule has 0 N–H and O–H groups in total. The summed E-state index contributed by atoms with van der Waals surface area (Å²) in [4.78, 5) is 4.58. The van der Waals surface area contributed by atoms with E-state index in [2.05, 4.69) is 47.8 Å². The molecule has 27 heavy (non-hydrogen) atoms. The zero-order valence-electron chi connectivity index (χ0n) is 15.2. The minimum atomic E-state index is 0.796. The summed E-state index contributed by atoms with van der Waals surface area (Å²) in [5, 5.41) is 8.80.